The van der Waals surface area contributed by atoms with Gasteiger partial charge in [-0.25, -0.2) is 0 Å². The fourth-order valence-electron chi connectivity index (χ4n) is 2.57. The van der Waals surface area contributed by atoms with E-state index in [2.05, 4.69) is 52.8 Å². The van der Waals surface area contributed by atoms with Crippen LogP contribution in [-0.2, 0) is 6.42 Å². The Labute approximate surface area is 122 Å². The van der Waals surface area contributed by atoms with Crippen molar-refractivity contribution in [3.05, 3.63) is 48.0 Å². The highest BCUT2D eigenvalue weighted by Gasteiger charge is 2.16. The predicted molar refractivity (Wildman–Crippen MR) is 86.0 cm³/mol. The van der Waals surface area contributed by atoms with Crippen LogP contribution in [0.5, 0.6) is 0 Å². The fourth-order valence-corrected chi connectivity index (χ4v) is 2.57. The van der Waals surface area contributed by atoms with E-state index in [0.717, 1.165) is 44.7 Å². The van der Waals surface area contributed by atoms with E-state index >= 15 is 0 Å². The molecule has 1 heterocycles. The van der Waals surface area contributed by atoms with Gasteiger partial charge in [0.15, 0.2) is 0 Å². The van der Waals surface area contributed by atoms with Crippen LogP contribution in [0.3, 0.4) is 0 Å². The first kappa shape index (κ1) is 14.8. The van der Waals surface area contributed by atoms with Gasteiger partial charge in [0.05, 0.1) is 6.54 Å². The van der Waals surface area contributed by atoms with Gasteiger partial charge in [-0.2, -0.15) is 0 Å². The summed E-state index contributed by atoms with van der Waals surface area (Å²) < 4.78 is 0. The van der Waals surface area contributed by atoms with Crippen molar-refractivity contribution in [1.29, 1.82) is 0 Å². The number of nitrogens with zero attached hydrogens (tertiary/aromatic N) is 1. The van der Waals surface area contributed by atoms with Gasteiger partial charge in [-0.05, 0) is 31.4 Å². The molecule has 0 aliphatic carbocycles. The number of benzene rings is 1. The molecule has 0 spiro atoms. The fraction of sp³-hybridized carbons (Fsp3) is 0.471. The van der Waals surface area contributed by atoms with Crippen LogP contribution >= 0.6 is 0 Å². The van der Waals surface area contributed by atoms with Crippen LogP contribution in [0.15, 0.2) is 47.5 Å². The van der Waals surface area contributed by atoms with Crippen molar-refractivity contribution in [3.8, 4) is 0 Å². The van der Waals surface area contributed by atoms with Gasteiger partial charge >= 0.3 is 0 Å². The lowest BCUT2D eigenvalue weighted by Gasteiger charge is -2.20. The van der Waals surface area contributed by atoms with Crippen LogP contribution in [0.4, 0.5) is 0 Å². The molecule has 0 aromatic heterocycles. The van der Waals surface area contributed by atoms with Crippen molar-refractivity contribution in [1.82, 2.24) is 5.32 Å². The highest BCUT2D eigenvalue weighted by atomic mass is 15.0. The van der Waals surface area contributed by atoms with Gasteiger partial charge in [-0.3, -0.25) is 4.99 Å². The molecule has 20 heavy (non-hydrogen) atoms. The van der Waals surface area contributed by atoms with Crippen LogP contribution in [0.1, 0.15) is 24.8 Å². The number of hydrogen-bond donors (Lipinski definition) is 2. The predicted octanol–water partition coefficient (Wildman–Crippen LogP) is 2.53. The number of aliphatic imine (C=N–C) groups is 1. The van der Waals surface area contributed by atoms with Crippen LogP contribution in [0.2, 0.25) is 0 Å². The maximum atomic E-state index is 5.61. The van der Waals surface area contributed by atoms with Crippen LogP contribution in [0.25, 0.3) is 0 Å². The van der Waals surface area contributed by atoms with E-state index in [9.17, 15) is 0 Å². The SMILES string of the molecule is NCCCCC(Cc1ccccc1)C1=NCC=CCN1. The number of unbranched alkanes of at least 4 members (excludes halogenated alkanes) is 1. The first-order valence-corrected chi connectivity index (χ1v) is 7.57. The van der Waals surface area contributed by atoms with Gasteiger partial charge in [-0.1, -0.05) is 48.9 Å². The molecule has 3 heteroatoms. The molecule has 108 valence electrons. The topological polar surface area (TPSA) is 50.4 Å². The summed E-state index contributed by atoms with van der Waals surface area (Å²) in [7, 11) is 0. The molecule has 1 atom stereocenters. The van der Waals surface area contributed by atoms with Crippen molar-refractivity contribution in [2.24, 2.45) is 16.6 Å². The van der Waals surface area contributed by atoms with E-state index in [1.54, 1.807) is 0 Å². The van der Waals surface area contributed by atoms with Gasteiger partial charge in [0.2, 0.25) is 0 Å². The third-order valence-corrected chi connectivity index (χ3v) is 3.65. The van der Waals surface area contributed by atoms with Crippen molar-refractivity contribution < 1.29 is 0 Å². The van der Waals surface area contributed by atoms with E-state index in [1.165, 1.54) is 12.0 Å². The van der Waals surface area contributed by atoms with Crippen molar-refractivity contribution in [2.75, 3.05) is 19.6 Å². The third-order valence-electron chi connectivity index (χ3n) is 3.65. The Bertz CT molecular complexity index is 437. The van der Waals surface area contributed by atoms with E-state index in [0.29, 0.717) is 5.92 Å². The summed E-state index contributed by atoms with van der Waals surface area (Å²) in [4.78, 5) is 4.69. The second-order valence-corrected chi connectivity index (χ2v) is 5.25. The lowest BCUT2D eigenvalue weighted by Crippen LogP contribution is -2.32. The number of amidine groups is 1. The molecule has 0 saturated carbocycles. The summed E-state index contributed by atoms with van der Waals surface area (Å²) in [6, 6.07) is 10.7. The molecular weight excluding hydrogens is 246 g/mol. The van der Waals surface area contributed by atoms with Gasteiger partial charge in [0, 0.05) is 12.5 Å². The first-order chi connectivity index (χ1) is 9.90. The molecule has 1 unspecified atom stereocenters. The van der Waals surface area contributed by atoms with Gasteiger partial charge in [-0.15, -0.1) is 0 Å². The monoisotopic (exact) mass is 271 g/mol. The van der Waals surface area contributed by atoms with E-state index in [1.807, 2.05) is 0 Å². The van der Waals surface area contributed by atoms with Gasteiger partial charge in [0.1, 0.15) is 5.84 Å². The quantitative estimate of drug-likeness (QED) is 0.591. The summed E-state index contributed by atoms with van der Waals surface area (Å²) in [6.45, 7) is 2.46. The lowest BCUT2D eigenvalue weighted by atomic mass is 9.92. The Hall–Kier alpha value is -1.61. The summed E-state index contributed by atoms with van der Waals surface area (Å²) in [5, 5.41) is 3.46. The van der Waals surface area contributed by atoms with Crippen LogP contribution in [0, 0.1) is 5.92 Å². The Morgan fingerprint density at radius 1 is 1.15 bits per heavy atom. The zero-order valence-corrected chi connectivity index (χ0v) is 12.1. The highest BCUT2D eigenvalue weighted by Crippen LogP contribution is 2.17. The van der Waals surface area contributed by atoms with Gasteiger partial charge in [0.25, 0.3) is 0 Å². The second kappa shape index (κ2) is 8.54. The molecule has 1 aromatic rings. The second-order valence-electron chi connectivity index (χ2n) is 5.25. The van der Waals surface area contributed by atoms with Crippen molar-refractivity contribution in [2.45, 2.75) is 25.7 Å². The van der Waals surface area contributed by atoms with E-state index < -0.39 is 0 Å². The molecule has 1 aliphatic rings. The molecule has 3 nitrogen and oxygen atoms in total. The smallest absolute Gasteiger partial charge is 0.100 e. The van der Waals surface area contributed by atoms with Gasteiger partial charge < -0.3 is 11.1 Å². The van der Waals surface area contributed by atoms with Crippen molar-refractivity contribution >= 4 is 5.84 Å². The summed E-state index contributed by atoms with van der Waals surface area (Å²) in [5.74, 6) is 1.64. The molecule has 3 N–H and O–H groups in total. The highest BCUT2D eigenvalue weighted by molar-refractivity contribution is 5.85. The van der Waals surface area contributed by atoms with Crippen LogP contribution in [-0.4, -0.2) is 25.5 Å². The summed E-state index contributed by atoms with van der Waals surface area (Å²) in [5.41, 5.74) is 7.00. The standard InChI is InChI=1S/C17H25N3/c18-11-5-4-10-16(14-15-8-2-1-3-9-15)17-19-12-6-7-13-20-17/h1-3,6-9,16H,4-5,10-14,18H2,(H,19,20). The molecule has 1 aliphatic heterocycles. The number of hydrogen-bond acceptors (Lipinski definition) is 3. The average molecular weight is 271 g/mol. The summed E-state index contributed by atoms with van der Waals surface area (Å²) >= 11 is 0. The minimum Gasteiger partial charge on any atom is -0.370 e. The van der Waals surface area contributed by atoms with Crippen LogP contribution < -0.4 is 11.1 Å². The molecule has 0 radical (unpaired) electrons. The Morgan fingerprint density at radius 2 is 2.00 bits per heavy atom. The Kier molecular flexibility index (Phi) is 6.32. The number of nitrogens with two attached hydrogens (primary N) is 1. The number of rotatable bonds is 7. The van der Waals surface area contributed by atoms with E-state index in [-0.39, 0.29) is 0 Å². The van der Waals surface area contributed by atoms with E-state index in [4.69, 9.17) is 5.73 Å². The zero-order chi connectivity index (χ0) is 14.0. The molecule has 2 rings (SSSR count). The maximum absolute atomic E-state index is 5.61. The largest absolute Gasteiger partial charge is 0.370 e. The summed E-state index contributed by atoms with van der Waals surface area (Å²) in [6.07, 6.45) is 8.74. The molecule has 0 fully saturated rings. The Morgan fingerprint density at radius 3 is 2.80 bits per heavy atom. The third kappa shape index (κ3) is 4.82. The van der Waals surface area contributed by atoms with Crippen molar-refractivity contribution in [3.63, 3.8) is 0 Å². The molecule has 0 amide bonds. The minimum absolute atomic E-state index is 0.476. The molecule has 1 aromatic carbocycles. The normalized spacial score (nSPS) is 16.1. The maximum Gasteiger partial charge on any atom is 0.100 e. The Balaban J connectivity index is 2.01. The molecular formula is C17H25N3. The first-order valence-electron chi connectivity index (χ1n) is 7.57. The minimum atomic E-state index is 0.476. The average Bonchev–Trinajstić information content (AvgIpc) is 2.76. The molecule has 0 bridgehead atoms. The lowest BCUT2D eigenvalue weighted by molar-refractivity contribution is 0.557. The molecule has 0 saturated heterocycles. The number of nitrogens with one attached hydrogen (secondary N) is 1. The zero-order valence-electron chi connectivity index (χ0n) is 12.1.